The van der Waals surface area contributed by atoms with E-state index in [-0.39, 0.29) is 35.5 Å². The highest BCUT2D eigenvalue weighted by Gasteiger charge is 2.64. The van der Waals surface area contributed by atoms with Crippen molar-refractivity contribution in [3.8, 4) is 0 Å². The number of ketones is 2. The number of hydrogen-bond donors (Lipinski definition) is 2. The highest BCUT2D eigenvalue weighted by Crippen LogP contribution is 2.55. The molecule has 3 rings (SSSR count). The first-order chi connectivity index (χ1) is 13.6. The lowest BCUT2D eigenvalue weighted by Crippen LogP contribution is -2.51. The second-order valence-corrected chi connectivity index (χ2v) is 9.50. The lowest BCUT2D eigenvalue weighted by Gasteiger charge is -2.44. The van der Waals surface area contributed by atoms with Gasteiger partial charge in [0.2, 0.25) is 5.91 Å². The van der Waals surface area contributed by atoms with E-state index in [4.69, 9.17) is 0 Å². The number of nitrogens with one attached hydrogen (secondary N) is 1. The van der Waals surface area contributed by atoms with Crippen LogP contribution in [0.4, 0.5) is 0 Å². The monoisotopic (exact) mass is 399 g/mol. The molecule has 5 heteroatoms. The Balaban J connectivity index is 2.21. The molecule has 2 aliphatic carbocycles. The van der Waals surface area contributed by atoms with Crippen LogP contribution in [0.3, 0.4) is 0 Å². The van der Waals surface area contributed by atoms with Gasteiger partial charge in [0.05, 0.1) is 0 Å². The van der Waals surface area contributed by atoms with Crippen molar-refractivity contribution in [2.75, 3.05) is 0 Å². The summed E-state index contributed by atoms with van der Waals surface area (Å²) < 4.78 is 0. The van der Waals surface area contributed by atoms with Gasteiger partial charge in [-0.25, -0.2) is 0 Å². The molecule has 158 valence electrons. The summed E-state index contributed by atoms with van der Waals surface area (Å²) in [6.45, 7) is 10.3. The fraction of sp³-hybridized carbons (Fsp3) is 0.625. The summed E-state index contributed by atoms with van der Waals surface area (Å²) in [5.41, 5.74) is 0.923. The Kier molecular flexibility index (Phi) is 6.00. The summed E-state index contributed by atoms with van der Waals surface area (Å²) in [5, 5.41) is 13.2. The Morgan fingerprint density at radius 3 is 2.52 bits per heavy atom. The maximum atomic E-state index is 13.6. The van der Waals surface area contributed by atoms with Crippen molar-refractivity contribution >= 4 is 17.5 Å². The summed E-state index contributed by atoms with van der Waals surface area (Å²) in [6.07, 6.45) is 7.00. The van der Waals surface area contributed by atoms with Gasteiger partial charge in [0.25, 0.3) is 0 Å². The topological polar surface area (TPSA) is 83.5 Å². The highest BCUT2D eigenvalue weighted by molar-refractivity contribution is 6.15. The Bertz CT molecular complexity index is 806. The van der Waals surface area contributed by atoms with Gasteiger partial charge in [-0.1, -0.05) is 44.1 Å². The zero-order chi connectivity index (χ0) is 21.5. The molecule has 0 aromatic carbocycles. The van der Waals surface area contributed by atoms with E-state index in [2.05, 4.69) is 39.1 Å². The van der Waals surface area contributed by atoms with Crippen LogP contribution in [-0.2, 0) is 14.4 Å². The predicted octanol–water partition coefficient (Wildman–Crippen LogP) is 3.14. The van der Waals surface area contributed by atoms with Crippen LogP contribution in [0.5, 0.6) is 0 Å². The van der Waals surface area contributed by atoms with Gasteiger partial charge in [-0.3, -0.25) is 14.4 Å². The van der Waals surface area contributed by atoms with Gasteiger partial charge in [0, 0.05) is 17.9 Å². The second kappa shape index (κ2) is 8.02. The molecule has 1 amide bonds. The first-order valence-corrected chi connectivity index (χ1v) is 10.7. The summed E-state index contributed by atoms with van der Waals surface area (Å²) >= 11 is 0. The molecule has 0 radical (unpaired) electrons. The van der Waals surface area contributed by atoms with Crippen LogP contribution in [0.1, 0.15) is 53.9 Å². The lowest BCUT2D eigenvalue weighted by molar-refractivity contribution is -0.142. The molecule has 6 unspecified atom stereocenters. The van der Waals surface area contributed by atoms with Crippen molar-refractivity contribution in [2.24, 2.45) is 29.1 Å². The fourth-order valence-corrected chi connectivity index (χ4v) is 5.45. The molecule has 1 fully saturated rings. The molecular formula is C24H33NO4. The molecule has 1 aliphatic heterocycles. The zero-order valence-corrected chi connectivity index (χ0v) is 18.1. The molecule has 0 saturated carbocycles. The van der Waals surface area contributed by atoms with E-state index in [0.717, 1.165) is 18.1 Å². The van der Waals surface area contributed by atoms with Crippen LogP contribution in [-0.4, -0.2) is 34.7 Å². The first-order valence-electron chi connectivity index (χ1n) is 10.7. The van der Waals surface area contributed by atoms with Gasteiger partial charge in [-0.05, 0) is 57.1 Å². The van der Waals surface area contributed by atoms with Gasteiger partial charge in [-0.2, -0.15) is 0 Å². The van der Waals surface area contributed by atoms with Crippen molar-refractivity contribution in [1.82, 2.24) is 5.32 Å². The van der Waals surface area contributed by atoms with E-state index in [0.29, 0.717) is 18.8 Å². The van der Waals surface area contributed by atoms with Gasteiger partial charge in [-0.15, -0.1) is 0 Å². The number of allylic oxidation sites excluding steroid dienone is 5. The lowest BCUT2D eigenvalue weighted by atomic mass is 9.55. The van der Waals surface area contributed by atoms with Crippen molar-refractivity contribution in [2.45, 2.75) is 66.0 Å². The maximum Gasteiger partial charge on any atom is 0.235 e. The third-order valence-corrected chi connectivity index (χ3v) is 7.01. The van der Waals surface area contributed by atoms with E-state index in [1.165, 1.54) is 11.6 Å². The minimum atomic E-state index is -1.24. The molecule has 29 heavy (non-hydrogen) atoms. The van der Waals surface area contributed by atoms with Crippen LogP contribution in [0.2, 0.25) is 0 Å². The van der Waals surface area contributed by atoms with Gasteiger partial charge in [0.1, 0.15) is 11.5 Å². The smallest absolute Gasteiger partial charge is 0.235 e. The zero-order valence-electron chi connectivity index (χ0n) is 18.1. The SMILES string of the molecule is CC1=CC2C=C(C)C(C)C3C(CC(C)C)NC(=O)C23C(=O)C=CC(=O)C(O)CC1. The maximum absolute atomic E-state index is 13.6. The molecule has 1 heterocycles. The largest absolute Gasteiger partial charge is 0.385 e. The Hall–Kier alpha value is -2.01. The molecule has 2 N–H and O–H groups in total. The standard InChI is InChI=1S/C24H33NO4/c1-13(2)10-18-22-16(5)15(4)12-17-11-14(3)6-7-19(26)20(27)8-9-21(28)24(17,22)23(29)25-18/h8-9,11-13,16-19,22,26H,6-7,10H2,1-5H3,(H,25,29). The number of rotatable bonds is 2. The van der Waals surface area contributed by atoms with Crippen molar-refractivity contribution < 1.29 is 19.5 Å². The summed E-state index contributed by atoms with van der Waals surface area (Å²) in [7, 11) is 0. The van der Waals surface area contributed by atoms with Crippen LogP contribution in [0, 0.1) is 29.1 Å². The molecule has 6 atom stereocenters. The minimum absolute atomic E-state index is 0.0754. The van der Waals surface area contributed by atoms with Crippen LogP contribution < -0.4 is 5.32 Å². The van der Waals surface area contributed by atoms with Crippen LogP contribution in [0.15, 0.2) is 35.5 Å². The molecule has 5 nitrogen and oxygen atoms in total. The number of carbonyl (C=O) groups excluding carboxylic acids is 3. The first kappa shape index (κ1) is 21.7. The predicted molar refractivity (Wildman–Crippen MR) is 112 cm³/mol. The Morgan fingerprint density at radius 2 is 1.86 bits per heavy atom. The molecular weight excluding hydrogens is 366 g/mol. The molecule has 1 spiro atoms. The molecule has 3 aliphatic rings. The van der Waals surface area contributed by atoms with E-state index >= 15 is 0 Å². The molecule has 0 aromatic heterocycles. The highest BCUT2D eigenvalue weighted by atomic mass is 16.3. The molecule has 1 saturated heterocycles. The second-order valence-electron chi connectivity index (χ2n) is 9.50. The normalized spacial score (nSPS) is 38.0. The van der Waals surface area contributed by atoms with Gasteiger partial charge < -0.3 is 10.4 Å². The summed E-state index contributed by atoms with van der Waals surface area (Å²) in [5.74, 6) is -1.12. The fourth-order valence-electron chi connectivity index (χ4n) is 5.45. The van der Waals surface area contributed by atoms with Crippen LogP contribution in [0.25, 0.3) is 0 Å². The van der Waals surface area contributed by atoms with Gasteiger partial charge >= 0.3 is 0 Å². The third-order valence-electron chi connectivity index (χ3n) is 7.01. The Morgan fingerprint density at radius 1 is 1.17 bits per heavy atom. The Labute approximate surface area is 173 Å². The summed E-state index contributed by atoms with van der Waals surface area (Å²) in [4.78, 5) is 39.3. The number of amides is 1. The van der Waals surface area contributed by atoms with Crippen molar-refractivity contribution in [3.63, 3.8) is 0 Å². The van der Waals surface area contributed by atoms with E-state index < -0.39 is 17.3 Å². The van der Waals surface area contributed by atoms with E-state index in [9.17, 15) is 19.5 Å². The van der Waals surface area contributed by atoms with Crippen LogP contribution >= 0.6 is 0 Å². The third kappa shape index (κ3) is 3.65. The molecule has 0 bridgehead atoms. The average Bonchev–Trinajstić information content (AvgIpc) is 2.93. The van der Waals surface area contributed by atoms with Gasteiger partial charge in [0.15, 0.2) is 11.6 Å². The number of carbonyl (C=O) groups is 3. The van der Waals surface area contributed by atoms with E-state index in [1.54, 1.807) is 0 Å². The molecule has 0 aromatic rings. The average molecular weight is 400 g/mol. The number of hydrogen-bond acceptors (Lipinski definition) is 4. The minimum Gasteiger partial charge on any atom is -0.385 e. The summed E-state index contributed by atoms with van der Waals surface area (Å²) in [6, 6.07) is -0.0823. The quantitative estimate of drug-likeness (QED) is 0.552. The number of aliphatic hydroxyl groups excluding tert-OH is 1. The van der Waals surface area contributed by atoms with Crippen molar-refractivity contribution in [1.29, 1.82) is 0 Å². The van der Waals surface area contributed by atoms with Crippen molar-refractivity contribution in [3.05, 3.63) is 35.5 Å². The number of aliphatic hydroxyl groups is 1. The van der Waals surface area contributed by atoms with E-state index in [1.807, 2.05) is 13.0 Å².